The van der Waals surface area contributed by atoms with Gasteiger partial charge in [0.2, 0.25) is 0 Å². The number of esters is 1. The number of carbonyl (C=O) groups excluding carboxylic acids is 2. The molecule has 0 aromatic carbocycles. The number of carbonyl (C=O) groups is 2. The van der Waals surface area contributed by atoms with Crippen molar-refractivity contribution >= 4 is 11.9 Å². The molecule has 4 rings (SSSR count). The number of ether oxygens (including phenoxy) is 1. The Morgan fingerprint density at radius 3 is 2.85 bits per heavy atom. The minimum Gasteiger partial charge on any atom is -0.469 e. The molecule has 1 saturated heterocycles. The molecule has 1 spiro atoms. The number of aromatic amines is 1. The Hall–Kier alpha value is -2.77. The number of hydrogen-bond acceptors (Lipinski definition) is 5. The van der Waals surface area contributed by atoms with Gasteiger partial charge in [-0.3, -0.25) is 19.7 Å². The summed E-state index contributed by atoms with van der Waals surface area (Å²) in [5, 5.41) is 6.86. The Balaban J connectivity index is 1.55. The van der Waals surface area contributed by atoms with E-state index in [9.17, 15) is 14.0 Å². The van der Waals surface area contributed by atoms with Crippen LogP contribution in [-0.2, 0) is 9.53 Å². The lowest BCUT2D eigenvalue weighted by Gasteiger charge is -2.38. The second-order valence-electron chi connectivity index (χ2n) is 7.37. The third-order valence-corrected chi connectivity index (χ3v) is 5.59. The number of aryl methyl sites for hydroxylation is 1. The normalized spacial score (nSPS) is 20.6. The number of pyridine rings is 1. The molecule has 27 heavy (non-hydrogen) atoms. The van der Waals surface area contributed by atoms with Crippen LogP contribution in [0.15, 0.2) is 18.3 Å². The van der Waals surface area contributed by atoms with Crippen LogP contribution >= 0.6 is 0 Å². The van der Waals surface area contributed by atoms with Gasteiger partial charge in [0.15, 0.2) is 11.5 Å². The number of likely N-dealkylation sites (tertiary alicyclic amines) is 1. The van der Waals surface area contributed by atoms with Gasteiger partial charge in [-0.1, -0.05) is 0 Å². The molecular formula is C19H21FN4O3. The summed E-state index contributed by atoms with van der Waals surface area (Å²) in [6, 6.07) is 3.18. The van der Waals surface area contributed by atoms with Gasteiger partial charge in [0, 0.05) is 23.3 Å². The van der Waals surface area contributed by atoms with Crippen LogP contribution in [0.25, 0.3) is 11.3 Å². The third kappa shape index (κ3) is 3.09. The molecule has 1 atom stereocenters. The third-order valence-electron chi connectivity index (χ3n) is 5.59. The molecule has 3 heterocycles. The van der Waals surface area contributed by atoms with E-state index in [0.717, 1.165) is 19.0 Å². The summed E-state index contributed by atoms with van der Waals surface area (Å²) in [5.74, 6) is -1.03. The Labute approximate surface area is 155 Å². The minimum absolute atomic E-state index is 0.162. The van der Waals surface area contributed by atoms with Gasteiger partial charge in [0.25, 0.3) is 5.91 Å². The molecular weight excluding hydrogens is 351 g/mol. The number of nitrogens with one attached hydrogen (secondary N) is 1. The van der Waals surface area contributed by atoms with Crippen molar-refractivity contribution in [1.29, 1.82) is 0 Å². The maximum absolute atomic E-state index is 14.1. The summed E-state index contributed by atoms with van der Waals surface area (Å²) in [6.45, 7) is 2.26. The van der Waals surface area contributed by atoms with E-state index in [1.807, 2.05) is 4.90 Å². The van der Waals surface area contributed by atoms with Gasteiger partial charge in [0.1, 0.15) is 0 Å². The van der Waals surface area contributed by atoms with E-state index in [1.54, 1.807) is 19.1 Å². The van der Waals surface area contributed by atoms with Crippen molar-refractivity contribution in [2.75, 3.05) is 13.7 Å². The van der Waals surface area contributed by atoms with Crippen LogP contribution < -0.4 is 0 Å². The van der Waals surface area contributed by atoms with E-state index in [4.69, 9.17) is 4.74 Å². The summed E-state index contributed by atoms with van der Waals surface area (Å²) in [5.41, 5.74) is 1.43. The molecule has 2 aromatic heterocycles. The lowest BCUT2D eigenvalue weighted by molar-refractivity contribution is -0.147. The van der Waals surface area contributed by atoms with Crippen LogP contribution in [0.3, 0.4) is 0 Å². The predicted octanol–water partition coefficient (Wildman–Crippen LogP) is 2.48. The van der Waals surface area contributed by atoms with E-state index in [1.165, 1.54) is 7.11 Å². The fourth-order valence-electron chi connectivity index (χ4n) is 3.95. The molecule has 1 amide bonds. The lowest BCUT2D eigenvalue weighted by Crippen LogP contribution is -2.49. The van der Waals surface area contributed by atoms with Crippen molar-refractivity contribution in [3.8, 4) is 11.3 Å². The average molecular weight is 372 g/mol. The molecule has 1 unspecified atom stereocenters. The monoisotopic (exact) mass is 372 g/mol. The van der Waals surface area contributed by atoms with Crippen molar-refractivity contribution in [2.24, 2.45) is 5.92 Å². The maximum atomic E-state index is 14.1. The minimum atomic E-state index is -0.471. The molecule has 2 aliphatic rings. The first-order valence-electron chi connectivity index (χ1n) is 9.01. The van der Waals surface area contributed by atoms with E-state index in [-0.39, 0.29) is 29.0 Å². The first-order chi connectivity index (χ1) is 12.9. The molecule has 1 N–H and O–H groups in total. The molecule has 0 bridgehead atoms. The van der Waals surface area contributed by atoms with Crippen molar-refractivity contribution in [3.05, 3.63) is 35.5 Å². The highest BCUT2D eigenvalue weighted by atomic mass is 19.1. The van der Waals surface area contributed by atoms with Crippen LogP contribution in [0.2, 0.25) is 0 Å². The summed E-state index contributed by atoms with van der Waals surface area (Å²) < 4.78 is 18.9. The van der Waals surface area contributed by atoms with Gasteiger partial charge >= 0.3 is 5.97 Å². The smallest absolute Gasteiger partial charge is 0.308 e. The first kappa shape index (κ1) is 17.6. The number of piperidine rings is 1. The van der Waals surface area contributed by atoms with E-state index in [0.29, 0.717) is 36.3 Å². The van der Waals surface area contributed by atoms with Gasteiger partial charge in [-0.2, -0.15) is 5.10 Å². The molecule has 142 valence electrons. The number of nitrogens with zero attached hydrogens (tertiary/aromatic N) is 3. The molecule has 0 radical (unpaired) electrons. The standard InChI is InChI=1S/C19H21FN4O3/c1-11-7-13(14(20)10-21-11)15-8-16(23-22-15)17(25)24-6-3-12(18(26)27-2)9-19(24)4-5-19/h7-8,10,12H,3-6,9H2,1-2H3,(H,22,23). The molecule has 1 saturated carbocycles. The van der Waals surface area contributed by atoms with Gasteiger partial charge in [-0.25, -0.2) is 4.39 Å². The van der Waals surface area contributed by atoms with Crippen molar-refractivity contribution < 1.29 is 18.7 Å². The van der Waals surface area contributed by atoms with Crippen LogP contribution in [0.5, 0.6) is 0 Å². The van der Waals surface area contributed by atoms with Crippen LogP contribution in [-0.4, -0.2) is 51.2 Å². The SMILES string of the molecule is COC(=O)C1CCN(C(=O)c2cc(-c3cc(C)ncc3F)[nH]n2)C2(CC2)C1. The summed E-state index contributed by atoms with van der Waals surface area (Å²) in [6.07, 6.45) is 4.11. The molecule has 1 aliphatic heterocycles. The van der Waals surface area contributed by atoms with Crippen molar-refractivity contribution in [2.45, 2.75) is 38.1 Å². The van der Waals surface area contributed by atoms with Crippen LogP contribution in [0.4, 0.5) is 4.39 Å². The molecule has 2 fully saturated rings. The Morgan fingerprint density at radius 1 is 1.37 bits per heavy atom. The number of hydrogen-bond donors (Lipinski definition) is 1. The van der Waals surface area contributed by atoms with Gasteiger partial charge in [-0.15, -0.1) is 0 Å². The molecule has 7 nitrogen and oxygen atoms in total. The number of methoxy groups -OCH3 is 1. The van der Waals surface area contributed by atoms with Crippen molar-refractivity contribution in [1.82, 2.24) is 20.1 Å². The first-order valence-corrected chi connectivity index (χ1v) is 9.01. The summed E-state index contributed by atoms with van der Waals surface area (Å²) in [4.78, 5) is 30.6. The highest BCUT2D eigenvalue weighted by molar-refractivity contribution is 5.94. The van der Waals surface area contributed by atoms with Crippen molar-refractivity contribution in [3.63, 3.8) is 0 Å². The zero-order chi connectivity index (χ0) is 19.2. The largest absolute Gasteiger partial charge is 0.469 e. The molecule has 8 heteroatoms. The van der Waals surface area contributed by atoms with E-state index >= 15 is 0 Å². The maximum Gasteiger partial charge on any atom is 0.308 e. The fraction of sp³-hybridized carbons (Fsp3) is 0.474. The second kappa shape index (κ2) is 6.44. The number of halogens is 1. The predicted molar refractivity (Wildman–Crippen MR) is 94.3 cm³/mol. The number of H-pyrrole nitrogens is 1. The van der Waals surface area contributed by atoms with Gasteiger partial charge in [-0.05, 0) is 44.7 Å². The van der Waals surface area contributed by atoms with Crippen LogP contribution in [0.1, 0.15) is 41.9 Å². The van der Waals surface area contributed by atoms with Crippen LogP contribution in [0, 0.1) is 18.7 Å². The molecule has 1 aliphatic carbocycles. The lowest BCUT2D eigenvalue weighted by atomic mass is 9.88. The Morgan fingerprint density at radius 2 is 2.15 bits per heavy atom. The summed E-state index contributed by atoms with van der Waals surface area (Å²) in [7, 11) is 1.39. The quantitative estimate of drug-likeness (QED) is 0.837. The zero-order valence-corrected chi connectivity index (χ0v) is 15.3. The number of rotatable bonds is 3. The number of aromatic nitrogens is 3. The van der Waals surface area contributed by atoms with E-state index < -0.39 is 5.82 Å². The van der Waals surface area contributed by atoms with E-state index in [2.05, 4.69) is 15.2 Å². The number of amides is 1. The highest BCUT2D eigenvalue weighted by Gasteiger charge is 2.55. The Kier molecular flexibility index (Phi) is 4.20. The topological polar surface area (TPSA) is 88.2 Å². The summed E-state index contributed by atoms with van der Waals surface area (Å²) >= 11 is 0. The van der Waals surface area contributed by atoms with Gasteiger partial charge < -0.3 is 9.64 Å². The van der Waals surface area contributed by atoms with Gasteiger partial charge in [0.05, 0.1) is 24.9 Å². The Bertz CT molecular complexity index is 906. The molecule has 2 aromatic rings. The highest BCUT2D eigenvalue weighted by Crippen LogP contribution is 2.50. The fourth-order valence-corrected chi connectivity index (χ4v) is 3.95. The average Bonchev–Trinajstić information content (AvgIpc) is 3.25. The second-order valence-corrected chi connectivity index (χ2v) is 7.37. The zero-order valence-electron chi connectivity index (χ0n) is 15.3.